The Kier molecular flexibility index (Phi) is 3.47. The molecule has 1 fully saturated rings. The molecule has 2 aromatic rings. The van der Waals surface area contributed by atoms with Crippen LogP contribution >= 0.6 is 0 Å². The lowest BCUT2D eigenvalue weighted by Gasteiger charge is -2.19. The zero-order chi connectivity index (χ0) is 13.2. The van der Waals surface area contributed by atoms with E-state index in [4.69, 9.17) is 0 Å². The zero-order valence-corrected chi connectivity index (χ0v) is 11.6. The summed E-state index contributed by atoms with van der Waals surface area (Å²) in [6, 6.07) is 5.77. The fourth-order valence-electron chi connectivity index (χ4n) is 3.17. The van der Waals surface area contributed by atoms with E-state index in [1.807, 2.05) is 13.1 Å². The molecule has 3 heteroatoms. The van der Waals surface area contributed by atoms with Gasteiger partial charge >= 0.3 is 0 Å². The Hall–Kier alpha value is -1.48. The molecule has 0 atom stereocenters. The van der Waals surface area contributed by atoms with Gasteiger partial charge in [0.05, 0.1) is 5.52 Å². The van der Waals surface area contributed by atoms with Crippen LogP contribution in [-0.4, -0.2) is 27.7 Å². The number of likely N-dealkylation sites (tertiary alicyclic amines) is 1. The third kappa shape index (κ3) is 2.47. The molecule has 3 rings (SSSR count). The molecule has 1 aromatic heterocycles. The number of phenols is 1. The predicted octanol–water partition coefficient (Wildman–Crippen LogP) is 3.26. The van der Waals surface area contributed by atoms with Crippen LogP contribution in [0.5, 0.6) is 5.75 Å². The summed E-state index contributed by atoms with van der Waals surface area (Å²) in [6.45, 7) is 3.32. The van der Waals surface area contributed by atoms with Crippen LogP contribution in [0, 0.1) is 0 Å². The van der Waals surface area contributed by atoms with Crippen LogP contribution < -0.4 is 0 Å². The number of aryl methyl sites for hydroxylation is 1. The number of hydrogen-bond acceptors (Lipinski definition) is 2. The van der Waals surface area contributed by atoms with Crippen molar-refractivity contribution in [1.29, 1.82) is 0 Å². The summed E-state index contributed by atoms with van der Waals surface area (Å²) >= 11 is 0. The summed E-state index contributed by atoms with van der Waals surface area (Å²) in [5.41, 5.74) is 2.36. The molecule has 0 bridgehead atoms. The smallest absolute Gasteiger partial charge is 0.125 e. The first-order valence-electron chi connectivity index (χ1n) is 7.24. The van der Waals surface area contributed by atoms with Gasteiger partial charge in [-0.3, -0.25) is 4.90 Å². The highest BCUT2D eigenvalue weighted by Crippen LogP contribution is 2.30. The van der Waals surface area contributed by atoms with Gasteiger partial charge in [-0.25, -0.2) is 0 Å². The molecule has 0 saturated carbocycles. The van der Waals surface area contributed by atoms with Crippen LogP contribution in [0.1, 0.15) is 31.2 Å². The molecule has 1 saturated heterocycles. The van der Waals surface area contributed by atoms with E-state index in [0.717, 1.165) is 17.4 Å². The van der Waals surface area contributed by atoms with Crippen molar-refractivity contribution in [2.45, 2.75) is 32.2 Å². The average molecular weight is 258 g/mol. The highest BCUT2D eigenvalue weighted by Gasteiger charge is 2.15. The molecule has 19 heavy (non-hydrogen) atoms. The molecule has 1 aliphatic rings. The van der Waals surface area contributed by atoms with Crippen molar-refractivity contribution in [2.24, 2.45) is 7.05 Å². The van der Waals surface area contributed by atoms with Crippen LogP contribution in [0.25, 0.3) is 10.9 Å². The number of aromatic nitrogens is 1. The van der Waals surface area contributed by atoms with E-state index >= 15 is 0 Å². The Labute approximate surface area is 114 Å². The van der Waals surface area contributed by atoms with Gasteiger partial charge in [0, 0.05) is 25.2 Å². The molecule has 102 valence electrons. The van der Waals surface area contributed by atoms with E-state index in [1.54, 1.807) is 6.07 Å². The summed E-state index contributed by atoms with van der Waals surface area (Å²) in [4.78, 5) is 2.52. The van der Waals surface area contributed by atoms with Crippen molar-refractivity contribution in [3.05, 3.63) is 30.0 Å². The molecule has 0 radical (unpaired) electrons. The van der Waals surface area contributed by atoms with E-state index in [2.05, 4.69) is 21.7 Å². The summed E-state index contributed by atoms with van der Waals surface area (Å²) in [6.07, 6.45) is 7.48. The molecule has 3 nitrogen and oxygen atoms in total. The fourth-order valence-corrected chi connectivity index (χ4v) is 3.17. The summed E-state index contributed by atoms with van der Waals surface area (Å²) < 4.78 is 2.11. The van der Waals surface area contributed by atoms with E-state index in [1.165, 1.54) is 44.3 Å². The Balaban J connectivity index is 1.92. The minimum Gasteiger partial charge on any atom is -0.507 e. The fraction of sp³-hybridized carbons (Fsp3) is 0.500. The molecule has 0 unspecified atom stereocenters. The van der Waals surface area contributed by atoms with E-state index in [0.29, 0.717) is 5.75 Å². The Morgan fingerprint density at radius 3 is 2.58 bits per heavy atom. The number of hydrogen-bond donors (Lipinski definition) is 1. The van der Waals surface area contributed by atoms with Crippen molar-refractivity contribution in [3.8, 4) is 5.75 Å². The number of rotatable bonds is 2. The van der Waals surface area contributed by atoms with Crippen molar-refractivity contribution in [1.82, 2.24) is 9.47 Å². The van der Waals surface area contributed by atoms with Crippen LogP contribution in [0.2, 0.25) is 0 Å². The van der Waals surface area contributed by atoms with Crippen molar-refractivity contribution in [2.75, 3.05) is 13.1 Å². The number of nitrogens with zero attached hydrogens (tertiary/aromatic N) is 2. The van der Waals surface area contributed by atoms with Gasteiger partial charge in [0.25, 0.3) is 0 Å². The Bertz CT molecular complexity index is 565. The lowest BCUT2D eigenvalue weighted by Crippen LogP contribution is -2.23. The van der Waals surface area contributed by atoms with Crippen molar-refractivity contribution in [3.63, 3.8) is 0 Å². The standard InChI is InChI=1S/C16H22N2O/c1-17-11-13(12-18-9-4-2-3-5-10-18)16-14(17)7-6-8-15(16)19/h6-8,11,19H,2-5,9-10,12H2,1H3. The molecule has 0 amide bonds. The Morgan fingerprint density at radius 2 is 1.84 bits per heavy atom. The second-order valence-electron chi connectivity index (χ2n) is 5.63. The SMILES string of the molecule is Cn1cc(CN2CCCCCC2)c2c(O)cccc21. The lowest BCUT2D eigenvalue weighted by atomic mass is 10.1. The molecule has 1 N–H and O–H groups in total. The van der Waals surface area contributed by atoms with Gasteiger partial charge in [-0.1, -0.05) is 18.9 Å². The summed E-state index contributed by atoms with van der Waals surface area (Å²) in [5.74, 6) is 0.405. The van der Waals surface area contributed by atoms with Crippen LogP contribution in [0.3, 0.4) is 0 Å². The molecule has 1 aromatic carbocycles. The molecule has 0 aliphatic carbocycles. The van der Waals surface area contributed by atoms with Crippen LogP contribution in [0.15, 0.2) is 24.4 Å². The number of benzene rings is 1. The maximum Gasteiger partial charge on any atom is 0.125 e. The van der Waals surface area contributed by atoms with Gasteiger partial charge in [-0.05, 0) is 43.6 Å². The summed E-state index contributed by atoms with van der Waals surface area (Å²) in [7, 11) is 2.05. The van der Waals surface area contributed by atoms with Gasteiger partial charge in [-0.2, -0.15) is 0 Å². The highest BCUT2D eigenvalue weighted by atomic mass is 16.3. The number of fused-ring (bicyclic) bond motifs is 1. The topological polar surface area (TPSA) is 28.4 Å². The number of phenolic OH excluding ortho intramolecular Hbond substituents is 1. The van der Waals surface area contributed by atoms with E-state index in [-0.39, 0.29) is 0 Å². The lowest BCUT2D eigenvalue weighted by molar-refractivity contribution is 0.277. The third-order valence-corrected chi connectivity index (χ3v) is 4.16. The van der Waals surface area contributed by atoms with Gasteiger partial charge in [-0.15, -0.1) is 0 Å². The third-order valence-electron chi connectivity index (χ3n) is 4.16. The largest absolute Gasteiger partial charge is 0.507 e. The quantitative estimate of drug-likeness (QED) is 0.895. The van der Waals surface area contributed by atoms with Crippen LogP contribution in [0.4, 0.5) is 0 Å². The maximum atomic E-state index is 10.1. The second kappa shape index (κ2) is 5.25. The van der Waals surface area contributed by atoms with Gasteiger partial charge in [0.15, 0.2) is 0 Å². The van der Waals surface area contributed by atoms with Gasteiger partial charge < -0.3 is 9.67 Å². The summed E-state index contributed by atoms with van der Waals surface area (Å²) in [5, 5.41) is 11.1. The zero-order valence-electron chi connectivity index (χ0n) is 11.6. The normalized spacial score (nSPS) is 17.7. The minimum absolute atomic E-state index is 0.405. The Morgan fingerprint density at radius 1 is 1.11 bits per heavy atom. The minimum atomic E-state index is 0.405. The predicted molar refractivity (Wildman–Crippen MR) is 78.3 cm³/mol. The highest BCUT2D eigenvalue weighted by molar-refractivity contribution is 5.89. The monoisotopic (exact) mass is 258 g/mol. The molecule has 1 aliphatic heterocycles. The molecular formula is C16H22N2O. The first kappa shape index (κ1) is 12.5. The van der Waals surface area contributed by atoms with Crippen molar-refractivity contribution >= 4 is 10.9 Å². The maximum absolute atomic E-state index is 10.1. The van der Waals surface area contributed by atoms with Gasteiger partial charge in [0.1, 0.15) is 5.75 Å². The second-order valence-corrected chi connectivity index (χ2v) is 5.63. The van der Waals surface area contributed by atoms with E-state index < -0.39 is 0 Å². The molecular weight excluding hydrogens is 236 g/mol. The van der Waals surface area contributed by atoms with Crippen molar-refractivity contribution < 1.29 is 5.11 Å². The number of aromatic hydroxyl groups is 1. The van der Waals surface area contributed by atoms with Crippen LogP contribution in [-0.2, 0) is 13.6 Å². The first-order chi connectivity index (χ1) is 9.25. The molecule has 0 spiro atoms. The molecule has 2 heterocycles. The average Bonchev–Trinajstić information content (AvgIpc) is 2.59. The van der Waals surface area contributed by atoms with Gasteiger partial charge in [0.2, 0.25) is 0 Å². The van der Waals surface area contributed by atoms with E-state index in [9.17, 15) is 5.11 Å². The first-order valence-corrected chi connectivity index (χ1v) is 7.24.